The Kier molecular flexibility index (Phi) is 3.53. The number of imide groups is 1. The van der Waals surface area contributed by atoms with Crippen LogP contribution in [0, 0.1) is 0 Å². The Labute approximate surface area is 103 Å². The van der Waals surface area contributed by atoms with E-state index >= 15 is 0 Å². The summed E-state index contributed by atoms with van der Waals surface area (Å²) in [5.74, 6) is -0.521. The molecule has 0 aliphatic carbocycles. The zero-order valence-corrected chi connectivity index (χ0v) is 9.98. The monoisotopic (exact) mass is 261 g/mol. The van der Waals surface area contributed by atoms with Crippen LogP contribution in [-0.2, 0) is 19.0 Å². The first-order chi connectivity index (χ1) is 8.51. The second-order valence-electron chi connectivity index (χ2n) is 4.18. The van der Waals surface area contributed by atoms with E-state index in [4.69, 9.17) is 19.3 Å². The summed E-state index contributed by atoms with van der Waals surface area (Å²) in [4.78, 5) is 23.9. The minimum Gasteiger partial charge on any atom is -0.440 e. The number of rotatable bonds is 2. The van der Waals surface area contributed by atoms with Crippen molar-refractivity contribution in [3.8, 4) is 0 Å². The van der Waals surface area contributed by atoms with Crippen molar-refractivity contribution in [2.75, 3.05) is 13.7 Å². The van der Waals surface area contributed by atoms with Crippen molar-refractivity contribution in [1.82, 2.24) is 4.90 Å². The Morgan fingerprint density at radius 3 is 2.72 bits per heavy atom. The lowest BCUT2D eigenvalue weighted by Crippen LogP contribution is -2.61. The van der Waals surface area contributed by atoms with Crippen LogP contribution in [0.4, 0.5) is 4.79 Å². The van der Waals surface area contributed by atoms with Gasteiger partial charge in [-0.3, -0.25) is 4.79 Å². The maximum atomic E-state index is 11.6. The van der Waals surface area contributed by atoms with Crippen LogP contribution in [0.15, 0.2) is 0 Å². The van der Waals surface area contributed by atoms with Crippen molar-refractivity contribution in [3.63, 3.8) is 0 Å². The second kappa shape index (κ2) is 4.81. The fraction of sp³-hybridized carbons (Fsp3) is 0.800. The number of fused-ring (bicyclic) bond motifs is 1. The van der Waals surface area contributed by atoms with Crippen molar-refractivity contribution < 1.29 is 34.0 Å². The smallest absolute Gasteiger partial charge is 0.417 e. The molecule has 2 amide bonds. The largest absolute Gasteiger partial charge is 0.440 e. The van der Waals surface area contributed by atoms with Crippen molar-refractivity contribution in [2.45, 2.75) is 37.6 Å². The minimum absolute atomic E-state index is 0.443. The lowest BCUT2D eigenvalue weighted by molar-refractivity contribution is -0.258. The van der Waals surface area contributed by atoms with Gasteiger partial charge in [-0.05, 0) is 0 Å². The summed E-state index contributed by atoms with van der Waals surface area (Å²) in [5, 5.41) is 19.0. The van der Waals surface area contributed by atoms with Crippen molar-refractivity contribution in [1.29, 1.82) is 0 Å². The summed E-state index contributed by atoms with van der Waals surface area (Å²) in [5.41, 5.74) is 0. The molecule has 2 rings (SSSR count). The van der Waals surface area contributed by atoms with E-state index in [0.29, 0.717) is 0 Å². The Bertz CT molecular complexity index is 360. The maximum absolute atomic E-state index is 11.6. The van der Waals surface area contributed by atoms with E-state index in [9.17, 15) is 14.7 Å². The summed E-state index contributed by atoms with van der Waals surface area (Å²) in [6.45, 7) is 0.767. The predicted octanol–water partition coefficient (Wildman–Crippen LogP) is -1.55. The van der Waals surface area contributed by atoms with Crippen molar-refractivity contribution >= 4 is 12.0 Å². The van der Waals surface area contributed by atoms with Gasteiger partial charge in [0, 0.05) is 14.0 Å². The fourth-order valence-corrected chi connectivity index (χ4v) is 2.29. The van der Waals surface area contributed by atoms with E-state index in [1.807, 2.05) is 0 Å². The molecular formula is C10H15NO7. The van der Waals surface area contributed by atoms with Crippen LogP contribution in [0.5, 0.6) is 0 Å². The van der Waals surface area contributed by atoms with Gasteiger partial charge in [0.25, 0.3) is 0 Å². The summed E-state index contributed by atoms with van der Waals surface area (Å²) in [6.07, 6.45) is -4.88. The van der Waals surface area contributed by atoms with E-state index in [0.717, 1.165) is 4.90 Å². The third-order valence-corrected chi connectivity index (χ3v) is 3.13. The number of hydrogen-bond donors (Lipinski definition) is 2. The van der Waals surface area contributed by atoms with Gasteiger partial charge >= 0.3 is 6.09 Å². The van der Waals surface area contributed by atoms with Gasteiger partial charge in [-0.2, -0.15) is 0 Å². The molecule has 18 heavy (non-hydrogen) atoms. The van der Waals surface area contributed by atoms with E-state index in [1.165, 1.54) is 14.0 Å². The number of ether oxygens (including phenoxy) is 3. The number of aliphatic hydroxyl groups is 2. The van der Waals surface area contributed by atoms with Gasteiger partial charge in [-0.15, -0.1) is 0 Å². The van der Waals surface area contributed by atoms with Crippen LogP contribution in [0.25, 0.3) is 0 Å². The molecule has 0 unspecified atom stereocenters. The van der Waals surface area contributed by atoms with E-state index in [-0.39, 0.29) is 0 Å². The molecule has 2 saturated heterocycles. The summed E-state index contributed by atoms with van der Waals surface area (Å²) in [6, 6.07) is -0.849. The Morgan fingerprint density at radius 2 is 2.22 bits per heavy atom. The number of aliphatic hydroxyl groups excluding tert-OH is 2. The van der Waals surface area contributed by atoms with Gasteiger partial charge < -0.3 is 24.4 Å². The highest BCUT2D eigenvalue weighted by Crippen LogP contribution is 2.33. The van der Waals surface area contributed by atoms with Crippen molar-refractivity contribution in [2.24, 2.45) is 0 Å². The SMILES string of the molecule is CO[C@@H]1O[C@H](CO)[C@@H](O)[C@@H]2OC(=O)N(C(C)=O)[C@@H]12. The highest BCUT2D eigenvalue weighted by atomic mass is 16.7. The molecule has 8 nitrogen and oxygen atoms in total. The van der Waals surface area contributed by atoms with Gasteiger partial charge in [0.05, 0.1) is 6.61 Å². The van der Waals surface area contributed by atoms with Crippen LogP contribution in [-0.4, -0.2) is 71.5 Å². The highest BCUT2D eigenvalue weighted by molar-refractivity contribution is 5.92. The topological polar surface area (TPSA) is 106 Å². The van der Waals surface area contributed by atoms with Crippen LogP contribution in [0.1, 0.15) is 6.92 Å². The Morgan fingerprint density at radius 1 is 1.56 bits per heavy atom. The fourth-order valence-electron chi connectivity index (χ4n) is 2.29. The first-order valence-electron chi connectivity index (χ1n) is 5.48. The number of amides is 2. The molecule has 0 radical (unpaired) electrons. The zero-order valence-electron chi connectivity index (χ0n) is 9.98. The second-order valence-corrected chi connectivity index (χ2v) is 4.18. The van der Waals surface area contributed by atoms with Crippen LogP contribution < -0.4 is 0 Å². The first-order valence-corrected chi connectivity index (χ1v) is 5.48. The molecule has 2 aliphatic heterocycles. The molecule has 2 fully saturated rings. The van der Waals surface area contributed by atoms with Gasteiger partial charge in [0.1, 0.15) is 18.2 Å². The highest BCUT2D eigenvalue weighted by Gasteiger charge is 2.57. The molecule has 2 N–H and O–H groups in total. The number of carbonyl (C=O) groups excluding carboxylic acids is 2. The number of hydrogen-bond acceptors (Lipinski definition) is 7. The molecule has 0 aromatic rings. The standard InChI is InChI=1S/C10H15NO7/c1-4(13)11-6-8(18-10(11)15)7(14)5(3-12)17-9(6)16-2/h5-9,12,14H,3H2,1-2H3/t5-,6-,7-,8-,9-/m1/s1. The molecule has 0 aromatic carbocycles. The number of carbonyl (C=O) groups is 2. The summed E-state index contributed by atoms with van der Waals surface area (Å²) in [7, 11) is 1.34. The molecule has 5 atom stereocenters. The van der Waals surface area contributed by atoms with E-state index < -0.39 is 49.3 Å². The normalized spacial score (nSPS) is 39.4. The van der Waals surface area contributed by atoms with Gasteiger partial charge in [0.15, 0.2) is 12.4 Å². The maximum Gasteiger partial charge on any atom is 0.417 e. The molecule has 102 valence electrons. The van der Waals surface area contributed by atoms with Crippen LogP contribution in [0.3, 0.4) is 0 Å². The minimum atomic E-state index is -1.21. The van der Waals surface area contributed by atoms with E-state index in [2.05, 4.69) is 0 Å². The summed E-state index contributed by atoms with van der Waals surface area (Å²) >= 11 is 0. The van der Waals surface area contributed by atoms with Gasteiger partial charge in [0.2, 0.25) is 5.91 Å². The Hall–Kier alpha value is -1.22. The third-order valence-electron chi connectivity index (χ3n) is 3.13. The van der Waals surface area contributed by atoms with Crippen LogP contribution in [0.2, 0.25) is 0 Å². The quantitative estimate of drug-likeness (QED) is 0.619. The lowest BCUT2D eigenvalue weighted by Gasteiger charge is -2.40. The average molecular weight is 261 g/mol. The number of methoxy groups -OCH3 is 1. The zero-order chi connectivity index (χ0) is 13.4. The average Bonchev–Trinajstić information content (AvgIpc) is 2.68. The lowest BCUT2D eigenvalue weighted by atomic mass is 9.97. The molecule has 0 aromatic heterocycles. The predicted molar refractivity (Wildman–Crippen MR) is 55.3 cm³/mol. The molecule has 0 bridgehead atoms. The Balaban J connectivity index is 2.30. The number of nitrogens with zero attached hydrogens (tertiary/aromatic N) is 1. The molecule has 0 saturated carbocycles. The summed E-state index contributed by atoms with van der Waals surface area (Å²) < 4.78 is 15.3. The van der Waals surface area contributed by atoms with Gasteiger partial charge in [-0.1, -0.05) is 0 Å². The molecule has 8 heteroatoms. The molecule has 2 heterocycles. The molecule has 0 spiro atoms. The third kappa shape index (κ3) is 1.87. The van der Waals surface area contributed by atoms with Crippen molar-refractivity contribution in [3.05, 3.63) is 0 Å². The van der Waals surface area contributed by atoms with Gasteiger partial charge in [-0.25, -0.2) is 9.69 Å². The van der Waals surface area contributed by atoms with Crippen LogP contribution >= 0.6 is 0 Å². The van der Waals surface area contributed by atoms with E-state index in [1.54, 1.807) is 0 Å². The molecular weight excluding hydrogens is 246 g/mol. The molecule has 2 aliphatic rings. The first kappa shape index (κ1) is 13.2.